The molecule has 2 aromatic rings. The van der Waals surface area contributed by atoms with Crippen molar-refractivity contribution in [3.63, 3.8) is 0 Å². The normalized spacial score (nSPS) is 10.5. The van der Waals surface area contributed by atoms with Crippen molar-refractivity contribution in [3.05, 3.63) is 34.0 Å². The van der Waals surface area contributed by atoms with Crippen molar-refractivity contribution in [2.45, 2.75) is 13.8 Å². The number of rotatable bonds is 1. The van der Waals surface area contributed by atoms with Crippen LogP contribution in [0.25, 0.3) is 11.3 Å². The number of aryl methyl sites for hydroxylation is 2. The molecule has 0 bridgehead atoms. The second-order valence-corrected chi connectivity index (χ2v) is 3.34. The average Bonchev–Trinajstić information content (AvgIpc) is 2.49. The molecule has 0 aliphatic heterocycles. The molecule has 0 spiro atoms. The molecule has 78 valence electrons. The van der Waals surface area contributed by atoms with Crippen molar-refractivity contribution in [3.8, 4) is 17.0 Å². The molecular weight excluding hydrogens is 196 g/mol. The highest BCUT2D eigenvalue weighted by atomic mass is 16.4. The molecule has 0 fully saturated rings. The summed E-state index contributed by atoms with van der Waals surface area (Å²) in [6.07, 6.45) is 0. The summed E-state index contributed by atoms with van der Waals surface area (Å²) in [4.78, 5) is 11.5. The molecule has 0 saturated heterocycles. The van der Waals surface area contributed by atoms with E-state index in [1.54, 1.807) is 13.0 Å². The highest BCUT2D eigenvalue weighted by Crippen LogP contribution is 2.24. The lowest BCUT2D eigenvalue weighted by Crippen LogP contribution is -2.04. The van der Waals surface area contributed by atoms with Crippen molar-refractivity contribution in [1.29, 1.82) is 0 Å². The molecule has 0 aliphatic rings. The van der Waals surface area contributed by atoms with E-state index >= 15 is 0 Å². The lowest BCUT2D eigenvalue weighted by atomic mass is 10.2. The minimum absolute atomic E-state index is 0.0879. The quantitative estimate of drug-likeness (QED) is 0.738. The van der Waals surface area contributed by atoms with Gasteiger partial charge >= 0.3 is 5.63 Å². The second kappa shape index (κ2) is 3.27. The summed E-state index contributed by atoms with van der Waals surface area (Å²) in [5, 5.41) is 16.2. The van der Waals surface area contributed by atoms with E-state index in [0.717, 1.165) is 5.69 Å². The van der Waals surface area contributed by atoms with Gasteiger partial charge in [0.1, 0.15) is 22.8 Å². The fourth-order valence-corrected chi connectivity index (χ4v) is 1.38. The number of hydrogen-bond donors (Lipinski definition) is 2. The summed E-state index contributed by atoms with van der Waals surface area (Å²) in [7, 11) is 0. The Morgan fingerprint density at radius 3 is 2.67 bits per heavy atom. The predicted octanol–water partition coefficient (Wildman–Crippen LogP) is 1.35. The molecular formula is C10H10N2O3. The van der Waals surface area contributed by atoms with E-state index in [0.29, 0.717) is 11.5 Å². The third kappa shape index (κ3) is 1.63. The highest BCUT2D eigenvalue weighted by Gasteiger charge is 2.14. The first-order valence-electron chi connectivity index (χ1n) is 4.44. The van der Waals surface area contributed by atoms with E-state index in [-0.39, 0.29) is 11.3 Å². The first-order valence-corrected chi connectivity index (χ1v) is 4.44. The molecule has 0 aromatic carbocycles. The number of aromatic hydroxyl groups is 1. The van der Waals surface area contributed by atoms with Crippen LogP contribution in [-0.4, -0.2) is 15.3 Å². The van der Waals surface area contributed by atoms with Crippen molar-refractivity contribution in [2.24, 2.45) is 0 Å². The average molecular weight is 206 g/mol. The van der Waals surface area contributed by atoms with E-state index in [2.05, 4.69) is 10.2 Å². The van der Waals surface area contributed by atoms with Crippen LogP contribution in [0.15, 0.2) is 21.3 Å². The lowest BCUT2D eigenvalue weighted by molar-refractivity contribution is 0.438. The molecule has 0 unspecified atom stereocenters. The Morgan fingerprint density at radius 2 is 2.13 bits per heavy atom. The molecule has 2 rings (SSSR count). The zero-order valence-electron chi connectivity index (χ0n) is 8.37. The predicted molar refractivity (Wildman–Crippen MR) is 53.7 cm³/mol. The monoisotopic (exact) mass is 206 g/mol. The van der Waals surface area contributed by atoms with Gasteiger partial charge in [-0.3, -0.25) is 5.10 Å². The number of aromatic amines is 1. The lowest BCUT2D eigenvalue weighted by Gasteiger charge is -1.99. The zero-order chi connectivity index (χ0) is 11.0. The summed E-state index contributed by atoms with van der Waals surface area (Å²) >= 11 is 0. The first-order chi connectivity index (χ1) is 7.08. The summed E-state index contributed by atoms with van der Waals surface area (Å²) < 4.78 is 4.88. The summed E-state index contributed by atoms with van der Waals surface area (Å²) in [5.41, 5.74) is 0.701. The highest BCUT2D eigenvalue weighted by molar-refractivity contribution is 5.65. The Kier molecular flexibility index (Phi) is 2.07. The van der Waals surface area contributed by atoms with Gasteiger partial charge in [-0.15, -0.1) is 0 Å². The van der Waals surface area contributed by atoms with Crippen LogP contribution in [-0.2, 0) is 0 Å². The van der Waals surface area contributed by atoms with Crippen LogP contribution >= 0.6 is 0 Å². The van der Waals surface area contributed by atoms with E-state index < -0.39 is 5.63 Å². The summed E-state index contributed by atoms with van der Waals surface area (Å²) in [6.45, 7) is 3.41. The van der Waals surface area contributed by atoms with Gasteiger partial charge in [-0.1, -0.05) is 0 Å². The molecule has 15 heavy (non-hydrogen) atoms. The largest absolute Gasteiger partial charge is 0.507 e. The second-order valence-electron chi connectivity index (χ2n) is 3.34. The van der Waals surface area contributed by atoms with E-state index in [1.807, 2.05) is 6.92 Å². The van der Waals surface area contributed by atoms with Crippen molar-refractivity contribution in [1.82, 2.24) is 10.2 Å². The van der Waals surface area contributed by atoms with Crippen LogP contribution in [0.5, 0.6) is 5.75 Å². The van der Waals surface area contributed by atoms with Gasteiger partial charge in [0.05, 0.1) is 0 Å². The molecule has 0 saturated carbocycles. The van der Waals surface area contributed by atoms with Gasteiger partial charge in [0.25, 0.3) is 0 Å². The standard InChI is InChI=1S/C10H10N2O3/c1-5-3-7(12-11-5)9-8(13)4-6(2)15-10(9)14/h3-4,13H,1-2H3,(H,11,12). The van der Waals surface area contributed by atoms with Crippen LogP contribution in [0.4, 0.5) is 0 Å². The Bertz CT molecular complexity index is 554. The SMILES string of the molecule is Cc1cc(-c2c(O)cc(C)oc2=O)n[nH]1. The van der Waals surface area contributed by atoms with Gasteiger partial charge in [-0.2, -0.15) is 5.10 Å². The minimum Gasteiger partial charge on any atom is -0.507 e. The summed E-state index contributed by atoms with van der Waals surface area (Å²) in [5.74, 6) is 0.253. The molecule has 0 amide bonds. The number of H-pyrrole nitrogens is 1. The van der Waals surface area contributed by atoms with E-state index in [4.69, 9.17) is 4.42 Å². The van der Waals surface area contributed by atoms with Crippen LogP contribution < -0.4 is 5.63 Å². The van der Waals surface area contributed by atoms with Crippen LogP contribution in [0, 0.1) is 13.8 Å². The van der Waals surface area contributed by atoms with Crippen LogP contribution in [0.3, 0.4) is 0 Å². The van der Waals surface area contributed by atoms with Crippen molar-refractivity contribution >= 4 is 0 Å². The van der Waals surface area contributed by atoms with Gasteiger partial charge in [-0.25, -0.2) is 4.79 Å². The maximum atomic E-state index is 11.5. The van der Waals surface area contributed by atoms with Gasteiger partial charge in [0.2, 0.25) is 0 Å². The van der Waals surface area contributed by atoms with Gasteiger partial charge in [0, 0.05) is 11.8 Å². The number of nitrogens with one attached hydrogen (secondary N) is 1. The Balaban J connectivity index is 2.68. The minimum atomic E-state index is -0.584. The topological polar surface area (TPSA) is 79.1 Å². The van der Waals surface area contributed by atoms with Crippen molar-refractivity contribution < 1.29 is 9.52 Å². The Hall–Kier alpha value is -2.04. The third-order valence-electron chi connectivity index (χ3n) is 2.02. The molecule has 2 aromatic heterocycles. The number of nitrogens with zero attached hydrogens (tertiary/aromatic N) is 1. The van der Waals surface area contributed by atoms with Crippen LogP contribution in [0.1, 0.15) is 11.5 Å². The third-order valence-corrected chi connectivity index (χ3v) is 2.02. The fourth-order valence-electron chi connectivity index (χ4n) is 1.38. The maximum absolute atomic E-state index is 11.5. The molecule has 5 heteroatoms. The van der Waals surface area contributed by atoms with Crippen molar-refractivity contribution in [2.75, 3.05) is 0 Å². The first kappa shape index (κ1) is 9.51. The van der Waals surface area contributed by atoms with Gasteiger partial charge in [-0.05, 0) is 19.9 Å². The molecule has 5 nitrogen and oxygen atoms in total. The molecule has 0 atom stereocenters. The number of hydrogen-bond acceptors (Lipinski definition) is 4. The number of aromatic nitrogens is 2. The fraction of sp³-hybridized carbons (Fsp3) is 0.200. The Labute approximate surface area is 85.4 Å². The molecule has 2 heterocycles. The molecule has 0 radical (unpaired) electrons. The molecule has 0 aliphatic carbocycles. The molecule has 2 N–H and O–H groups in total. The van der Waals surface area contributed by atoms with Gasteiger partial charge < -0.3 is 9.52 Å². The van der Waals surface area contributed by atoms with Gasteiger partial charge in [0.15, 0.2) is 0 Å². The summed E-state index contributed by atoms with van der Waals surface area (Å²) in [6, 6.07) is 3.06. The Morgan fingerprint density at radius 1 is 1.40 bits per heavy atom. The zero-order valence-corrected chi connectivity index (χ0v) is 8.37. The van der Waals surface area contributed by atoms with E-state index in [9.17, 15) is 9.90 Å². The smallest absolute Gasteiger partial charge is 0.349 e. The van der Waals surface area contributed by atoms with E-state index in [1.165, 1.54) is 6.07 Å². The van der Waals surface area contributed by atoms with Crippen LogP contribution in [0.2, 0.25) is 0 Å². The maximum Gasteiger partial charge on any atom is 0.349 e.